The first-order valence-corrected chi connectivity index (χ1v) is 5.99. The van der Waals surface area contributed by atoms with Crippen LogP contribution in [0.2, 0.25) is 0 Å². The Labute approximate surface area is 110 Å². The number of rotatable bonds is 5. The van der Waals surface area contributed by atoms with E-state index < -0.39 is 11.9 Å². The molecule has 0 radical (unpaired) electrons. The average Bonchev–Trinajstić information content (AvgIpc) is 2.60. The van der Waals surface area contributed by atoms with E-state index in [4.69, 9.17) is 10.2 Å². The van der Waals surface area contributed by atoms with E-state index in [1.165, 1.54) is 0 Å². The topological polar surface area (TPSA) is 79.5 Å². The van der Waals surface area contributed by atoms with Crippen molar-refractivity contribution >= 4 is 22.8 Å². The van der Waals surface area contributed by atoms with E-state index >= 15 is 0 Å². The second kappa shape index (κ2) is 5.14. The van der Waals surface area contributed by atoms with Crippen molar-refractivity contribution in [2.45, 2.75) is 19.3 Å². The molecule has 2 aromatic rings. The number of aliphatic carboxylic acids is 2. The summed E-state index contributed by atoms with van der Waals surface area (Å²) in [5.41, 5.74) is 2.43. The summed E-state index contributed by atoms with van der Waals surface area (Å²) in [7, 11) is 1.84. The Hall–Kier alpha value is -2.30. The summed E-state index contributed by atoms with van der Waals surface area (Å²) >= 11 is 0. The van der Waals surface area contributed by atoms with Crippen LogP contribution in [0, 0.1) is 0 Å². The Morgan fingerprint density at radius 2 is 1.84 bits per heavy atom. The zero-order valence-corrected chi connectivity index (χ0v) is 10.6. The molecule has 0 unspecified atom stereocenters. The van der Waals surface area contributed by atoms with Crippen molar-refractivity contribution in [2.75, 3.05) is 0 Å². The highest BCUT2D eigenvalue weighted by Crippen LogP contribution is 2.26. The van der Waals surface area contributed by atoms with Crippen LogP contribution in [0.4, 0.5) is 0 Å². The van der Waals surface area contributed by atoms with Gasteiger partial charge in [-0.05, 0) is 18.1 Å². The molecule has 0 aliphatic carbocycles. The van der Waals surface area contributed by atoms with Gasteiger partial charge in [-0.2, -0.15) is 0 Å². The molecule has 1 heterocycles. The third kappa shape index (κ3) is 2.59. The van der Waals surface area contributed by atoms with Crippen molar-refractivity contribution in [3.05, 3.63) is 35.5 Å². The van der Waals surface area contributed by atoms with Gasteiger partial charge in [0.2, 0.25) is 0 Å². The molecule has 0 aliphatic heterocycles. The molecule has 1 aromatic heterocycles. The number of carboxylic acid groups (broad SMARTS) is 2. The minimum Gasteiger partial charge on any atom is -0.481 e. The Bertz CT molecular complexity index is 642. The standard InChI is InChI=1S/C14H15NO4/c1-15-11-5-3-2-4-9(11)10(8-14(18)19)12(15)6-7-13(16)17/h2-5H,6-8H2,1H3,(H,16,17)(H,18,19). The molecule has 1 aromatic carbocycles. The third-order valence-electron chi connectivity index (χ3n) is 3.25. The van der Waals surface area contributed by atoms with Crippen LogP contribution < -0.4 is 0 Å². The van der Waals surface area contributed by atoms with Crippen LogP contribution in [-0.4, -0.2) is 26.7 Å². The quantitative estimate of drug-likeness (QED) is 0.860. The molecule has 5 nitrogen and oxygen atoms in total. The molecule has 100 valence electrons. The normalized spacial score (nSPS) is 10.8. The average molecular weight is 261 g/mol. The molecule has 2 rings (SSSR count). The third-order valence-corrected chi connectivity index (χ3v) is 3.25. The summed E-state index contributed by atoms with van der Waals surface area (Å²) in [6.07, 6.45) is 0.246. The van der Waals surface area contributed by atoms with E-state index in [1.54, 1.807) is 0 Å². The van der Waals surface area contributed by atoms with Crippen LogP contribution in [-0.2, 0) is 29.5 Å². The fourth-order valence-electron chi connectivity index (χ4n) is 2.42. The van der Waals surface area contributed by atoms with Crippen molar-refractivity contribution in [3.8, 4) is 0 Å². The summed E-state index contributed by atoms with van der Waals surface area (Å²) < 4.78 is 1.89. The number of aromatic nitrogens is 1. The fraction of sp³-hybridized carbons (Fsp3) is 0.286. The first-order valence-electron chi connectivity index (χ1n) is 5.99. The second-order valence-electron chi connectivity index (χ2n) is 4.47. The number of aryl methyl sites for hydroxylation is 1. The van der Waals surface area contributed by atoms with Crippen molar-refractivity contribution < 1.29 is 19.8 Å². The predicted octanol–water partition coefficient (Wildman–Crippen LogP) is 1.82. The van der Waals surface area contributed by atoms with Gasteiger partial charge >= 0.3 is 11.9 Å². The van der Waals surface area contributed by atoms with Gasteiger partial charge in [-0.3, -0.25) is 9.59 Å². The van der Waals surface area contributed by atoms with E-state index in [-0.39, 0.29) is 12.8 Å². The van der Waals surface area contributed by atoms with Crippen LogP contribution in [0.3, 0.4) is 0 Å². The number of carboxylic acids is 2. The van der Waals surface area contributed by atoms with Crippen LogP contribution >= 0.6 is 0 Å². The number of para-hydroxylation sites is 1. The molecule has 0 amide bonds. The lowest BCUT2D eigenvalue weighted by Crippen LogP contribution is -2.07. The number of nitrogens with zero attached hydrogens (tertiary/aromatic N) is 1. The first-order chi connectivity index (χ1) is 9.00. The highest BCUT2D eigenvalue weighted by molar-refractivity contribution is 5.89. The van der Waals surface area contributed by atoms with Gasteiger partial charge in [0.25, 0.3) is 0 Å². The van der Waals surface area contributed by atoms with Crippen molar-refractivity contribution in [1.82, 2.24) is 4.57 Å². The Balaban J connectivity index is 2.55. The van der Waals surface area contributed by atoms with Gasteiger partial charge in [-0.25, -0.2) is 0 Å². The molecule has 0 saturated heterocycles. The molecule has 0 spiro atoms. The molecule has 0 bridgehead atoms. The van der Waals surface area contributed by atoms with Gasteiger partial charge in [-0.1, -0.05) is 18.2 Å². The molecule has 19 heavy (non-hydrogen) atoms. The molecular weight excluding hydrogens is 246 g/mol. The number of hydrogen-bond acceptors (Lipinski definition) is 2. The zero-order chi connectivity index (χ0) is 14.0. The lowest BCUT2D eigenvalue weighted by atomic mass is 10.0. The fourth-order valence-corrected chi connectivity index (χ4v) is 2.42. The number of benzene rings is 1. The maximum atomic E-state index is 11.0. The highest BCUT2D eigenvalue weighted by Gasteiger charge is 2.17. The number of fused-ring (bicyclic) bond motifs is 1. The van der Waals surface area contributed by atoms with Gasteiger partial charge in [0.05, 0.1) is 12.8 Å². The Kier molecular flexibility index (Phi) is 3.55. The monoisotopic (exact) mass is 261 g/mol. The van der Waals surface area contributed by atoms with Crippen molar-refractivity contribution in [3.63, 3.8) is 0 Å². The summed E-state index contributed by atoms with van der Waals surface area (Å²) in [6.45, 7) is 0. The SMILES string of the molecule is Cn1c(CCC(=O)O)c(CC(=O)O)c2ccccc21. The predicted molar refractivity (Wildman–Crippen MR) is 70.2 cm³/mol. The smallest absolute Gasteiger partial charge is 0.307 e. The maximum absolute atomic E-state index is 11.0. The van der Waals surface area contributed by atoms with Gasteiger partial charge in [0.1, 0.15) is 0 Å². The van der Waals surface area contributed by atoms with Gasteiger partial charge < -0.3 is 14.8 Å². The first kappa shape index (κ1) is 13.1. The van der Waals surface area contributed by atoms with Gasteiger partial charge in [0.15, 0.2) is 0 Å². The molecule has 0 saturated carbocycles. The van der Waals surface area contributed by atoms with Crippen LogP contribution in [0.15, 0.2) is 24.3 Å². The second-order valence-corrected chi connectivity index (χ2v) is 4.47. The van der Waals surface area contributed by atoms with Crippen LogP contribution in [0.1, 0.15) is 17.7 Å². The lowest BCUT2D eigenvalue weighted by molar-refractivity contribution is -0.137. The molecule has 0 fully saturated rings. The molecule has 5 heteroatoms. The van der Waals surface area contributed by atoms with Crippen molar-refractivity contribution in [1.29, 1.82) is 0 Å². The largest absolute Gasteiger partial charge is 0.481 e. The number of hydrogen-bond donors (Lipinski definition) is 2. The number of carbonyl (C=O) groups is 2. The van der Waals surface area contributed by atoms with Gasteiger partial charge in [-0.15, -0.1) is 0 Å². The van der Waals surface area contributed by atoms with Crippen molar-refractivity contribution in [2.24, 2.45) is 7.05 Å². The maximum Gasteiger partial charge on any atom is 0.307 e. The lowest BCUT2D eigenvalue weighted by Gasteiger charge is -2.05. The molecule has 2 N–H and O–H groups in total. The summed E-state index contributed by atoms with van der Waals surface area (Å²) in [5.74, 6) is -1.79. The highest BCUT2D eigenvalue weighted by atomic mass is 16.4. The van der Waals surface area contributed by atoms with E-state index in [1.807, 2.05) is 35.9 Å². The van der Waals surface area contributed by atoms with Crippen LogP contribution in [0.25, 0.3) is 10.9 Å². The van der Waals surface area contributed by atoms with Crippen LogP contribution in [0.5, 0.6) is 0 Å². The van der Waals surface area contributed by atoms with Gasteiger partial charge in [0, 0.05) is 23.6 Å². The minimum absolute atomic E-state index is 0.00319. The molecule has 0 aliphatic rings. The minimum atomic E-state index is -0.909. The van der Waals surface area contributed by atoms with E-state index in [0.29, 0.717) is 12.0 Å². The summed E-state index contributed by atoms with van der Waals surface area (Å²) in [4.78, 5) is 21.7. The Morgan fingerprint density at radius 3 is 2.47 bits per heavy atom. The molecule has 0 atom stereocenters. The zero-order valence-electron chi connectivity index (χ0n) is 10.6. The van der Waals surface area contributed by atoms with E-state index in [0.717, 1.165) is 16.6 Å². The van der Waals surface area contributed by atoms with E-state index in [9.17, 15) is 9.59 Å². The molecular formula is C14H15NO4. The Morgan fingerprint density at radius 1 is 1.16 bits per heavy atom. The summed E-state index contributed by atoms with van der Waals surface area (Å²) in [6, 6.07) is 7.52. The van der Waals surface area contributed by atoms with E-state index in [2.05, 4.69) is 0 Å². The summed E-state index contributed by atoms with van der Waals surface area (Å²) in [5, 5.41) is 18.7.